The highest BCUT2D eigenvalue weighted by atomic mass is 32.2. The van der Waals surface area contributed by atoms with Crippen LogP contribution in [0.1, 0.15) is 19.3 Å². The van der Waals surface area contributed by atoms with Crippen LogP contribution in [-0.2, 0) is 4.79 Å². The van der Waals surface area contributed by atoms with Gasteiger partial charge in [-0.05, 0) is 12.8 Å². The summed E-state index contributed by atoms with van der Waals surface area (Å²) in [6.07, 6.45) is 3.37. The molecule has 0 spiro atoms. The lowest BCUT2D eigenvalue weighted by Crippen LogP contribution is -2.36. The molecule has 0 radical (unpaired) electrons. The van der Waals surface area contributed by atoms with E-state index >= 15 is 0 Å². The second-order valence-corrected chi connectivity index (χ2v) is 5.09. The average Bonchev–Trinajstić information content (AvgIpc) is 2.75. The van der Waals surface area contributed by atoms with Gasteiger partial charge in [-0.25, -0.2) is 4.79 Å². The van der Waals surface area contributed by atoms with Crippen molar-refractivity contribution >= 4 is 24.1 Å². The van der Waals surface area contributed by atoms with E-state index in [-0.39, 0.29) is 6.03 Å². The van der Waals surface area contributed by atoms with Crippen molar-refractivity contribution in [3.8, 4) is 0 Å². The summed E-state index contributed by atoms with van der Waals surface area (Å²) in [7, 11) is 0. The molecule has 1 N–H and O–H groups in total. The third-order valence-corrected chi connectivity index (χ3v) is 4.16. The zero-order valence-corrected chi connectivity index (χ0v) is 9.46. The molecule has 2 saturated heterocycles. The van der Waals surface area contributed by atoms with Gasteiger partial charge in [0.15, 0.2) is 0 Å². The predicted molar refractivity (Wildman–Crippen MR) is 60.1 cm³/mol. The van der Waals surface area contributed by atoms with Gasteiger partial charge in [0.1, 0.15) is 6.29 Å². The maximum absolute atomic E-state index is 11.6. The van der Waals surface area contributed by atoms with Crippen molar-refractivity contribution in [1.82, 2.24) is 10.2 Å². The van der Waals surface area contributed by atoms with Crippen LogP contribution in [-0.4, -0.2) is 47.4 Å². The Hall–Kier alpha value is -0.710. The molecule has 5 heteroatoms. The summed E-state index contributed by atoms with van der Waals surface area (Å²) in [5.41, 5.74) is 0. The summed E-state index contributed by atoms with van der Waals surface area (Å²) in [4.78, 5) is 23.7. The number of hydrogen-bond donors (Lipinski definition) is 1. The first-order valence-electron chi connectivity index (χ1n) is 5.41. The largest absolute Gasteiger partial charge is 0.332 e. The van der Waals surface area contributed by atoms with E-state index in [9.17, 15) is 9.59 Å². The zero-order chi connectivity index (χ0) is 10.7. The first kappa shape index (κ1) is 10.8. The maximum Gasteiger partial charge on any atom is 0.318 e. The number of aldehydes is 1. The molecule has 0 bridgehead atoms. The highest BCUT2D eigenvalue weighted by Gasteiger charge is 2.41. The molecule has 2 fully saturated rings. The molecule has 0 saturated carbocycles. The van der Waals surface area contributed by atoms with Gasteiger partial charge in [-0.3, -0.25) is 0 Å². The van der Waals surface area contributed by atoms with Crippen molar-refractivity contribution in [2.45, 2.75) is 31.3 Å². The normalized spacial score (nSPS) is 29.1. The Kier molecular flexibility index (Phi) is 3.51. The second kappa shape index (κ2) is 4.88. The molecule has 2 atom stereocenters. The second-order valence-electron chi connectivity index (χ2n) is 4.02. The van der Waals surface area contributed by atoms with Gasteiger partial charge in [-0.15, -0.1) is 0 Å². The summed E-state index contributed by atoms with van der Waals surface area (Å²) in [5.74, 6) is 2.10. The zero-order valence-electron chi connectivity index (χ0n) is 8.65. The smallest absolute Gasteiger partial charge is 0.318 e. The maximum atomic E-state index is 11.6. The monoisotopic (exact) mass is 228 g/mol. The van der Waals surface area contributed by atoms with Crippen molar-refractivity contribution in [3.05, 3.63) is 0 Å². The molecule has 2 amide bonds. The van der Waals surface area contributed by atoms with Gasteiger partial charge in [0.05, 0.1) is 12.1 Å². The van der Waals surface area contributed by atoms with E-state index < -0.39 is 0 Å². The minimum atomic E-state index is 0.0800. The number of rotatable bonds is 5. The minimum absolute atomic E-state index is 0.0800. The van der Waals surface area contributed by atoms with Crippen LogP contribution in [0.5, 0.6) is 0 Å². The van der Waals surface area contributed by atoms with Gasteiger partial charge in [0.25, 0.3) is 0 Å². The van der Waals surface area contributed by atoms with Crippen molar-refractivity contribution in [2.24, 2.45) is 0 Å². The molecule has 15 heavy (non-hydrogen) atoms. The van der Waals surface area contributed by atoms with Crippen molar-refractivity contribution in [1.29, 1.82) is 0 Å². The minimum Gasteiger partial charge on any atom is -0.332 e. The molecule has 84 valence electrons. The lowest BCUT2D eigenvalue weighted by molar-refractivity contribution is -0.107. The van der Waals surface area contributed by atoms with E-state index in [0.717, 1.165) is 37.2 Å². The molecule has 2 unspecified atom stereocenters. The number of carbonyl (C=O) groups is 2. The Balaban J connectivity index is 1.80. The predicted octanol–water partition coefficient (Wildman–Crippen LogP) is 0.865. The van der Waals surface area contributed by atoms with E-state index in [1.54, 1.807) is 0 Å². The Morgan fingerprint density at radius 2 is 2.33 bits per heavy atom. The van der Waals surface area contributed by atoms with E-state index in [4.69, 9.17) is 0 Å². The number of fused-ring (bicyclic) bond motifs is 1. The van der Waals surface area contributed by atoms with Crippen molar-refractivity contribution < 1.29 is 9.59 Å². The lowest BCUT2D eigenvalue weighted by Gasteiger charge is -2.21. The number of nitrogens with one attached hydrogen (secondary N) is 1. The first-order valence-corrected chi connectivity index (χ1v) is 6.57. The number of thioether (sulfide) groups is 1. The van der Waals surface area contributed by atoms with E-state index in [1.165, 1.54) is 0 Å². The van der Waals surface area contributed by atoms with Crippen LogP contribution in [0, 0.1) is 0 Å². The molecule has 0 aromatic rings. The molecule has 2 rings (SSSR count). The van der Waals surface area contributed by atoms with Gasteiger partial charge in [-0.1, -0.05) is 0 Å². The topological polar surface area (TPSA) is 49.4 Å². The fourth-order valence-electron chi connectivity index (χ4n) is 2.16. The molecule has 4 nitrogen and oxygen atoms in total. The highest BCUT2D eigenvalue weighted by molar-refractivity contribution is 7.99. The molecular weight excluding hydrogens is 212 g/mol. The molecule has 0 aromatic carbocycles. The van der Waals surface area contributed by atoms with Crippen LogP contribution in [0.4, 0.5) is 4.79 Å². The third kappa shape index (κ3) is 2.27. The average molecular weight is 228 g/mol. The van der Waals surface area contributed by atoms with Gasteiger partial charge in [0, 0.05) is 24.5 Å². The molecule has 2 aliphatic heterocycles. The molecule has 2 heterocycles. The number of hydrogen-bond acceptors (Lipinski definition) is 3. The lowest BCUT2D eigenvalue weighted by atomic mass is 10.1. The van der Waals surface area contributed by atoms with Crippen molar-refractivity contribution in [2.75, 3.05) is 18.1 Å². The Morgan fingerprint density at radius 3 is 3.13 bits per heavy atom. The van der Waals surface area contributed by atoms with Crippen LogP contribution < -0.4 is 5.32 Å². The standard InChI is InChI=1S/C10H16N2O2S/c13-5-3-1-2-4-12-9-7-15-6-8(9)11-10(12)14/h5,8-9H,1-4,6-7H2,(H,11,14). The highest BCUT2D eigenvalue weighted by Crippen LogP contribution is 2.27. The molecule has 0 aliphatic carbocycles. The van der Waals surface area contributed by atoms with Crippen LogP contribution in [0.25, 0.3) is 0 Å². The molecule has 2 aliphatic rings. The molecular formula is C10H16N2O2S. The number of amides is 2. The number of nitrogens with zero attached hydrogens (tertiary/aromatic N) is 1. The number of carbonyl (C=O) groups excluding carboxylic acids is 2. The fourth-order valence-corrected chi connectivity index (χ4v) is 3.51. The van der Waals surface area contributed by atoms with Gasteiger partial charge >= 0.3 is 6.03 Å². The van der Waals surface area contributed by atoms with Crippen LogP contribution >= 0.6 is 11.8 Å². The summed E-state index contributed by atoms with van der Waals surface area (Å²) in [6, 6.07) is 0.823. The summed E-state index contributed by atoms with van der Waals surface area (Å²) in [5, 5.41) is 3.00. The first-order chi connectivity index (χ1) is 7.33. The Labute approximate surface area is 93.8 Å². The van der Waals surface area contributed by atoms with Crippen LogP contribution in [0.2, 0.25) is 0 Å². The van der Waals surface area contributed by atoms with E-state index in [1.807, 2.05) is 16.7 Å². The third-order valence-electron chi connectivity index (χ3n) is 2.99. The number of unbranched alkanes of at least 4 members (excludes halogenated alkanes) is 2. The van der Waals surface area contributed by atoms with Crippen LogP contribution in [0.15, 0.2) is 0 Å². The summed E-state index contributed by atoms with van der Waals surface area (Å²) >= 11 is 1.90. The van der Waals surface area contributed by atoms with Gasteiger partial charge < -0.3 is 15.0 Å². The Bertz CT molecular complexity index is 260. The van der Waals surface area contributed by atoms with Crippen molar-refractivity contribution in [3.63, 3.8) is 0 Å². The van der Waals surface area contributed by atoms with Gasteiger partial charge in [0.2, 0.25) is 0 Å². The Morgan fingerprint density at radius 1 is 1.47 bits per heavy atom. The fraction of sp³-hybridized carbons (Fsp3) is 0.800. The summed E-state index contributed by atoms with van der Waals surface area (Å²) < 4.78 is 0. The number of urea groups is 1. The summed E-state index contributed by atoms with van der Waals surface area (Å²) in [6.45, 7) is 0.793. The van der Waals surface area contributed by atoms with Crippen LogP contribution in [0.3, 0.4) is 0 Å². The molecule has 0 aromatic heterocycles. The quantitative estimate of drug-likeness (QED) is 0.431. The SMILES string of the molecule is O=CCCCCN1C(=O)NC2CSCC21. The van der Waals surface area contributed by atoms with E-state index in [2.05, 4.69) is 5.32 Å². The van der Waals surface area contributed by atoms with E-state index in [0.29, 0.717) is 18.5 Å². The van der Waals surface area contributed by atoms with Gasteiger partial charge in [-0.2, -0.15) is 11.8 Å².